The minimum atomic E-state index is -0.721. The van der Waals surface area contributed by atoms with Crippen molar-refractivity contribution in [2.24, 2.45) is 4.99 Å². The Labute approximate surface area is 198 Å². The maximum absolute atomic E-state index is 13.6. The van der Waals surface area contributed by atoms with Crippen molar-refractivity contribution in [2.75, 3.05) is 32.4 Å². The number of carbonyl (C=O) groups excluding carboxylic acids is 1. The summed E-state index contributed by atoms with van der Waals surface area (Å²) in [4.78, 5) is 33.5. The van der Waals surface area contributed by atoms with Crippen LogP contribution in [0.5, 0.6) is 11.5 Å². The van der Waals surface area contributed by atoms with Gasteiger partial charge in [-0.05, 0) is 37.6 Å². The number of hydrogen-bond acceptors (Lipinski definition) is 9. The van der Waals surface area contributed by atoms with Crippen LogP contribution in [0.4, 0.5) is 5.88 Å². The van der Waals surface area contributed by atoms with Gasteiger partial charge in [0.05, 0.1) is 28.5 Å². The lowest BCUT2D eigenvalue weighted by molar-refractivity contribution is -0.139. The van der Waals surface area contributed by atoms with Crippen LogP contribution >= 0.6 is 11.3 Å². The molecule has 1 aromatic carbocycles. The standard InChI is InChI=1S/C24H23N3O6S/c1-5-30-23(29)20-13(2)25-24-27(21(20)14-6-8-16-17(10-14)32-12-31-16)22(28)18(34-24)11-15-7-9-19(33-15)26(3)4/h6-11,21H,5,12H2,1-4H3/t21-/m1/s1. The fourth-order valence-corrected chi connectivity index (χ4v) is 5.01. The van der Waals surface area contributed by atoms with Crippen molar-refractivity contribution in [2.45, 2.75) is 19.9 Å². The topological polar surface area (TPSA) is 95.5 Å². The average Bonchev–Trinajstić information content (AvgIpc) is 3.52. The molecular weight excluding hydrogens is 458 g/mol. The van der Waals surface area contributed by atoms with Gasteiger partial charge in [-0.1, -0.05) is 17.4 Å². The molecule has 0 bridgehead atoms. The van der Waals surface area contributed by atoms with Crippen LogP contribution in [0.2, 0.25) is 0 Å². The summed E-state index contributed by atoms with van der Waals surface area (Å²) in [5.74, 6) is 1.89. The number of anilines is 1. The van der Waals surface area contributed by atoms with E-state index >= 15 is 0 Å². The zero-order valence-electron chi connectivity index (χ0n) is 19.2. The molecule has 0 N–H and O–H groups in total. The zero-order valence-corrected chi connectivity index (χ0v) is 20.0. The van der Waals surface area contributed by atoms with Crippen molar-refractivity contribution in [3.8, 4) is 11.5 Å². The van der Waals surface area contributed by atoms with Crippen LogP contribution < -0.4 is 29.3 Å². The van der Waals surface area contributed by atoms with Crippen LogP contribution in [0.1, 0.15) is 31.2 Å². The highest BCUT2D eigenvalue weighted by atomic mass is 32.1. The molecule has 0 unspecified atom stereocenters. The Morgan fingerprint density at radius 1 is 1.26 bits per heavy atom. The molecule has 0 spiro atoms. The predicted octanol–water partition coefficient (Wildman–Crippen LogP) is 2.19. The molecule has 5 rings (SSSR count). The summed E-state index contributed by atoms with van der Waals surface area (Å²) < 4.78 is 24.1. The number of fused-ring (bicyclic) bond motifs is 2. The van der Waals surface area contributed by atoms with Gasteiger partial charge in [-0.2, -0.15) is 0 Å². The van der Waals surface area contributed by atoms with Gasteiger partial charge in [-0.25, -0.2) is 9.79 Å². The van der Waals surface area contributed by atoms with Gasteiger partial charge in [0.1, 0.15) is 5.76 Å². The number of aromatic nitrogens is 1. The van der Waals surface area contributed by atoms with Crippen LogP contribution in [-0.4, -0.2) is 38.0 Å². The van der Waals surface area contributed by atoms with Gasteiger partial charge in [0.25, 0.3) is 5.56 Å². The monoisotopic (exact) mass is 481 g/mol. The molecule has 2 aliphatic heterocycles. The molecule has 0 aliphatic carbocycles. The summed E-state index contributed by atoms with van der Waals surface area (Å²) >= 11 is 1.24. The van der Waals surface area contributed by atoms with Gasteiger partial charge in [0.2, 0.25) is 6.79 Å². The maximum Gasteiger partial charge on any atom is 0.338 e. The average molecular weight is 482 g/mol. The molecule has 10 heteroatoms. The summed E-state index contributed by atoms with van der Waals surface area (Å²) in [6.45, 7) is 3.82. The second-order valence-corrected chi connectivity index (χ2v) is 8.99. The molecule has 0 fully saturated rings. The van der Waals surface area contributed by atoms with E-state index in [0.717, 1.165) is 0 Å². The van der Waals surface area contributed by atoms with Crippen molar-refractivity contribution < 1.29 is 23.4 Å². The molecule has 2 aliphatic rings. The van der Waals surface area contributed by atoms with E-state index in [0.29, 0.717) is 49.3 Å². The van der Waals surface area contributed by atoms with Crippen LogP contribution in [0, 0.1) is 0 Å². The van der Waals surface area contributed by atoms with E-state index in [1.54, 1.807) is 38.1 Å². The van der Waals surface area contributed by atoms with Gasteiger partial charge < -0.3 is 23.5 Å². The number of thiazole rings is 1. The smallest absolute Gasteiger partial charge is 0.338 e. The van der Waals surface area contributed by atoms with Gasteiger partial charge in [0.15, 0.2) is 22.2 Å². The highest BCUT2D eigenvalue weighted by Crippen LogP contribution is 2.38. The number of carbonyl (C=O) groups is 1. The first kappa shape index (κ1) is 22.0. The quantitative estimate of drug-likeness (QED) is 0.516. The minimum absolute atomic E-state index is 0.124. The minimum Gasteiger partial charge on any atom is -0.463 e. The van der Waals surface area contributed by atoms with Crippen LogP contribution in [-0.2, 0) is 9.53 Å². The molecule has 9 nitrogen and oxygen atoms in total. The highest BCUT2D eigenvalue weighted by Gasteiger charge is 2.34. The van der Waals surface area contributed by atoms with Crippen molar-refractivity contribution in [1.29, 1.82) is 0 Å². The fourth-order valence-electron chi connectivity index (χ4n) is 3.98. The Balaban J connectivity index is 1.70. The van der Waals surface area contributed by atoms with Crippen molar-refractivity contribution in [3.63, 3.8) is 0 Å². The van der Waals surface area contributed by atoms with E-state index in [4.69, 9.17) is 18.6 Å². The van der Waals surface area contributed by atoms with E-state index < -0.39 is 12.0 Å². The van der Waals surface area contributed by atoms with Crippen LogP contribution in [0.25, 0.3) is 6.08 Å². The molecular formula is C24H23N3O6S. The Morgan fingerprint density at radius 2 is 2.06 bits per heavy atom. The normalized spacial score (nSPS) is 16.9. The first-order valence-corrected chi connectivity index (χ1v) is 11.6. The maximum atomic E-state index is 13.6. The number of furan rings is 1. The molecule has 4 heterocycles. The number of benzene rings is 1. The Hall–Kier alpha value is -3.79. The van der Waals surface area contributed by atoms with Gasteiger partial charge in [-0.3, -0.25) is 9.36 Å². The largest absolute Gasteiger partial charge is 0.463 e. The third-order valence-electron chi connectivity index (χ3n) is 5.56. The van der Waals surface area contributed by atoms with E-state index in [9.17, 15) is 9.59 Å². The van der Waals surface area contributed by atoms with E-state index in [1.807, 2.05) is 31.1 Å². The Morgan fingerprint density at radius 3 is 2.79 bits per heavy atom. The Kier molecular flexibility index (Phi) is 5.52. The van der Waals surface area contributed by atoms with E-state index in [2.05, 4.69) is 4.99 Å². The number of ether oxygens (including phenoxy) is 3. The summed E-state index contributed by atoms with van der Waals surface area (Å²) in [5, 5.41) is 0. The molecule has 2 aromatic heterocycles. The number of esters is 1. The first-order chi connectivity index (χ1) is 16.4. The number of nitrogens with zero attached hydrogens (tertiary/aromatic N) is 3. The zero-order chi connectivity index (χ0) is 24.0. The second kappa shape index (κ2) is 8.53. The van der Waals surface area contributed by atoms with Crippen molar-refractivity contribution in [3.05, 3.63) is 72.6 Å². The molecule has 3 aromatic rings. The van der Waals surface area contributed by atoms with Gasteiger partial charge in [0, 0.05) is 26.2 Å². The Bertz CT molecular complexity index is 1490. The lowest BCUT2D eigenvalue weighted by Gasteiger charge is -2.24. The van der Waals surface area contributed by atoms with E-state index in [1.165, 1.54) is 15.9 Å². The predicted molar refractivity (Wildman–Crippen MR) is 126 cm³/mol. The van der Waals surface area contributed by atoms with Crippen LogP contribution in [0.3, 0.4) is 0 Å². The molecule has 0 amide bonds. The number of hydrogen-bond donors (Lipinski definition) is 0. The summed E-state index contributed by atoms with van der Waals surface area (Å²) in [7, 11) is 3.75. The fraction of sp³-hybridized carbons (Fsp3) is 0.292. The molecule has 0 saturated carbocycles. The molecule has 176 valence electrons. The van der Waals surface area contributed by atoms with Gasteiger partial charge >= 0.3 is 5.97 Å². The molecule has 0 radical (unpaired) electrons. The summed E-state index contributed by atoms with van der Waals surface area (Å²) in [6.07, 6.45) is 1.69. The highest BCUT2D eigenvalue weighted by molar-refractivity contribution is 7.07. The lowest BCUT2D eigenvalue weighted by Crippen LogP contribution is -2.39. The summed E-state index contributed by atoms with van der Waals surface area (Å²) in [6, 6.07) is 8.30. The summed E-state index contributed by atoms with van der Waals surface area (Å²) in [5.41, 5.74) is 1.24. The van der Waals surface area contributed by atoms with Gasteiger partial charge in [-0.15, -0.1) is 0 Å². The van der Waals surface area contributed by atoms with E-state index in [-0.39, 0.29) is 19.0 Å². The SMILES string of the molecule is CCOC(=O)C1=C(C)N=c2sc(=Cc3ccc(N(C)C)o3)c(=O)n2[C@@H]1c1ccc2c(c1)OCO2. The van der Waals surface area contributed by atoms with Crippen LogP contribution in [0.15, 0.2) is 55.8 Å². The second-order valence-electron chi connectivity index (χ2n) is 7.99. The first-order valence-electron chi connectivity index (χ1n) is 10.7. The third kappa shape index (κ3) is 3.69. The molecule has 34 heavy (non-hydrogen) atoms. The third-order valence-corrected chi connectivity index (χ3v) is 6.54. The molecule has 1 atom stereocenters. The molecule has 0 saturated heterocycles. The lowest BCUT2D eigenvalue weighted by atomic mass is 9.95. The van der Waals surface area contributed by atoms with Crippen molar-refractivity contribution >= 4 is 29.3 Å². The van der Waals surface area contributed by atoms with Crippen molar-refractivity contribution in [1.82, 2.24) is 4.57 Å². The number of allylic oxidation sites excluding steroid dienone is 1. The number of rotatable bonds is 5.